The van der Waals surface area contributed by atoms with Crippen LogP contribution in [0.5, 0.6) is 0 Å². The molecule has 3 fully saturated rings. The van der Waals surface area contributed by atoms with Crippen molar-refractivity contribution in [1.82, 2.24) is 5.16 Å². The van der Waals surface area contributed by atoms with Gasteiger partial charge < -0.3 is 19.5 Å². The van der Waals surface area contributed by atoms with Crippen molar-refractivity contribution in [3.63, 3.8) is 0 Å². The Hall–Kier alpha value is -3.10. The molecule has 36 heavy (non-hydrogen) atoms. The largest absolute Gasteiger partial charge is 0.455 e. The van der Waals surface area contributed by atoms with E-state index in [0.717, 1.165) is 42.8 Å². The topological polar surface area (TPSA) is 95.4 Å². The van der Waals surface area contributed by atoms with Gasteiger partial charge in [0.2, 0.25) is 6.04 Å². The van der Waals surface area contributed by atoms with Crippen LogP contribution in [0.4, 0.5) is 0 Å². The first-order valence-electron chi connectivity index (χ1n) is 12.5. The lowest BCUT2D eigenvalue weighted by molar-refractivity contribution is -0.965. The monoisotopic (exact) mass is 506 g/mol. The molecule has 4 heterocycles. The number of nitrogens with two attached hydrogens (primary N) is 1. The normalized spacial score (nSPS) is 24.2. The predicted octanol–water partition coefficient (Wildman–Crippen LogP) is 4.05. The van der Waals surface area contributed by atoms with Crippen LogP contribution in [0.1, 0.15) is 42.6 Å². The number of piperidine rings is 3. The molecule has 3 aliphatic heterocycles. The van der Waals surface area contributed by atoms with Crippen molar-refractivity contribution in [2.45, 2.75) is 36.7 Å². The van der Waals surface area contributed by atoms with Gasteiger partial charge in [0.05, 0.1) is 13.1 Å². The van der Waals surface area contributed by atoms with Crippen LogP contribution in [0.15, 0.2) is 77.5 Å². The molecule has 3 aromatic rings. The van der Waals surface area contributed by atoms with Crippen molar-refractivity contribution in [2.24, 2.45) is 11.7 Å². The summed E-state index contributed by atoms with van der Waals surface area (Å²) in [5.74, 6) is 0.304. The van der Waals surface area contributed by atoms with Gasteiger partial charge in [0.15, 0.2) is 16.5 Å². The standard InChI is InChI=1S/C28H31N3O4S/c1-2-36-28(21-9-5-3-6-10-21,22-11-7-4-8-12-22)27(33)35-24-19-31(16-13-20(24)14-17-31)25(26(29)32)23-15-18-34-30-23/h3-12,15,18,20,24-25H,2,13-14,16-17,19H2,1H3,(H-,29,32)/p+1/t20?,24-,25?,31?/m0/s1. The third-order valence-electron chi connectivity index (χ3n) is 7.78. The maximum atomic E-state index is 14.3. The Morgan fingerprint density at radius 2 is 1.69 bits per heavy atom. The molecule has 2 bridgehead atoms. The molecular weight excluding hydrogens is 474 g/mol. The summed E-state index contributed by atoms with van der Waals surface area (Å²) in [6.45, 7) is 4.19. The number of fused-ring (bicyclic) bond motifs is 3. The molecule has 3 saturated heterocycles. The summed E-state index contributed by atoms with van der Waals surface area (Å²) in [6.07, 6.45) is 2.89. The average Bonchev–Trinajstić information content (AvgIpc) is 3.42. The minimum Gasteiger partial charge on any atom is -0.455 e. The molecule has 0 spiro atoms. The van der Waals surface area contributed by atoms with Crippen LogP contribution in [-0.2, 0) is 19.1 Å². The van der Waals surface area contributed by atoms with Crippen molar-refractivity contribution < 1.29 is 23.3 Å². The maximum absolute atomic E-state index is 14.3. The molecule has 2 N–H and O–H groups in total. The number of ether oxygens (including phenoxy) is 1. The Labute approximate surface area is 215 Å². The number of amides is 1. The molecule has 0 aliphatic carbocycles. The van der Waals surface area contributed by atoms with Crippen molar-refractivity contribution in [2.75, 3.05) is 25.4 Å². The second-order valence-electron chi connectivity index (χ2n) is 9.70. The van der Waals surface area contributed by atoms with E-state index in [4.69, 9.17) is 15.0 Å². The minimum atomic E-state index is -0.983. The Balaban J connectivity index is 1.49. The summed E-state index contributed by atoms with van der Waals surface area (Å²) in [5.41, 5.74) is 8.23. The fourth-order valence-electron chi connectivity index (χ4n) is 6.13. The Morgan fingerprint density at radius 3 is 2.19 bits per heavy atom. The Morgan fingerprint density at radius 1 is 1.08 bits per heavy atom. The molecule has 3 aliphatic rings. The quantitative estimate of drug-likeness (QED) is 0.348. The molecule has 2 atom stereocenters. The molecule has 1 aromatic heterocycles. The summed E-state index contributed by atoms with van der Waals surface area (Å²) < 4.78 is 11.0. The summed E-state index contributed by atoms with van der Waals surface area (Å²) >= 11 is 1.58. The fraction of sp³-hybridized carbons (Fsp3) is 0.393. The number of benzene rings is 2. The van der Waals surface area contributed by atoms with E-state index in [1.165, 1.54) is 6.26 Å². The lowest BCUT2D eigenvalue weighted by Gasteiger charge is -2.54. The molecule has 2 aromatic carbocycles. The first-order valence-corrected chi connectivity index (χ1v) is 13.5. The van der Waals surface area contributed by atoms with E-state index in [-0.39, 0.29) is 18.0 Å². The van der Waals surface area contributed by atoms with Gasteiger partial charge in [-0.3, -0.25) is 4.79 Å². The molecule has 6 rings (SSSR count). The first kappa shape index (κ1) is 24.6. The van der Waals surface area contributed by atoms with E-state index in [0.29, 0.717) is 16.7 Å². The molecular formula is C28H32N3O4S+. The molecule has 1 unspecified atom stereocenters. The zero-order valence-electron chi connectivity index (χ0n) is 20.4. The lowest BCUT2D eigenvalue weighted by atomic mass is 9.81. The molecule has 0 radical (unpaired) electrons. The van der Waals surface area contributed by atoms with Crippen LogP contribution in [0, 0.1) is 5.92 Å². The number of carbonyl (C=O) groups excluding carboxylic acids is 2. The number of quaternary nitrogens is 1. The van der Waals surface area contributed by atoms with Crippen molar-refractivity contribution >= 4 is 23.6 Å². The SMILES string of the molecule is CCSC(C(=O)O[C@H]1C[N+]2(C(C(N)=O)c3ccon3)CCC1CC2)(c1ccccc1)c1ccccc1. The highest BCUT2D eigenvalue weighted by Crippen LogP contribution is 2.47. The number of hydrogen-bond donors (Lipinski definition) is 1. The zero-order chi connectivity index (χ0) is 25.2. The maximum Gasteiger partial charge on any atom is 0.331 e. The summed E-state index contributed by atoms with van der Waals surface area (Å²) in [7, 11) is 0. The van der Waals surface area contributed by atoms with Gasteiger partial charge in [-0.15, -0.1) is 11.8 Å². The van der Waals surface area contributed by atoms with Crippen LogP contribution in [-0.4, -0.2) is 53.0 Å². The summed E-state index contributed by atoms with van der Waals surface area (Å²) in [5, 5.41) is 4.05. The number of hydrogen-bond acceptors (Lipinski definition) is 6. The average molecular weight is 507 g/mol. The van der Waals surface area contributed by atoms with E-state index in [2.05, 4.69) is 12.1 Å². The van der Waals surface area contributed by atoms with Crippen molar-refractivity contribution in [1.29, 1.82) is 0 Å². The van der Waals surface area contributed by atoms with Crippen LogP contribution >= 0.6 is 11.8 Å². The molecule has 188 valence electrons. The van der Waals surface area contributed by atoms with Gasteiger partial charge >= 0.3 is 5.97 Å². The number of aromatic nitrogens is 1. The lowest BCUT2D eigenvalue weighted by Crippen LogP contribution is -2.67. The molecule has 8 heteroatoms. The smallest absolute Gasteiger partial charge is 0.331 e. The molecule has 1 amide bonds. The zero-order valence-corrected chi connectivity index (χ0v) is 21.2. The highest BCUT2D eigenvalue weighted by atomic mass is 32.2. The van der Waals surface area contributed by atoms with E-state index in [9.17, 15) is 9.59 Å². The van der Waals surface area contributed by atoms with Crippen molar-refractivity contribution in [3.8, 4) is 0 Å². The summed E-state index contributed by atoms with van der Waals surface area (Å²) in [4.78, 5) is 26.9. The Bertz CT molecular complexity index is 1140. The van der Waals surface area contributed by atoms with E-state index in [1.54, 1.807) is 17.8 Å². The van der Waals surface area contributed by atoms with Gasteiger partial charge in [-0.1, -0.05) is 72.7 Å². The van der Waals surface area contributed by atoms with Crippen LogP contribution in [0.2, 0.25) is 0 Å². The second-order valence-corrected chi connectivity index (χ2v) is 11.2. The highest BCUT2D eigenvalue weighted by molar-refractivity contribution is 8.01. The second kappa shape index (κ2) is 10.1. The van der Waals surface area contributed by atoms with Gasteiger partial charge in [-0.25, -0.2) is 4.79 Å². The van der Waals surface area contributed by atoms with E-state index >= 15 is 0 Å². The highest BCUT2D eigenvalue weighted by Gasteiger charge is 2.55. The number of thioether (sulfide) groups is 1. The molecule has 0 saturated carbocycles. The van der Waals surface area contributed by atoms with E-state index < -0.39 is 16.7 Å². The van der Waals surface area contributed by atoms with Gasteiger partial charge in [0.25, 0.3) is 5.91 Å². The van der Waals surface area contributed by atoms with Crippen molar-refractivity contribution in [3.05, 3.63) is 89.8 Å². The van der Waals surface area contributed by atoms with Gasteiger partial charge in [-0.2, -0.15) is 0 Å². The number of carbonyl (C=O) groups is 2. The number of rotatable bonds is 9. The third-order valence-corrected chi connectivity index (χ3v) is 9.14. The van der Waals surface area contributed by atoms with Crippen LogP contribution < -0.4 is 5.73 Å². The van der Waals surface area contributed by atoms with Gasteiger partial charge in [0.1, 0.15) is 12.8 Å². The number of nitrogens with zero attached hydrogens (tertiary/aromatic N) is 2. The third kappa shape index (κ3) is 4.22. The Kier molecular flexibility index (Phi) is 6.90. The van der Waals surface area contributed by atoms with Crippen LogP contribution in [0.3, 0.4) is 0 Å². The van der Waals surface area contributed by atoms with Crippen LogP contribution in [0.25, 0.3) is 0 Å². The first-order chi connectivity index (χ1) is 17.5. The number of esters is 1. The van der Waals surface area contributed by atoms with Gasteiger partial charge in [-0.05, 0) is 16.9 Å². The minimum absolute atomic E-state index is 0.260. The number of primary amides is 1. The predicted molar refractivity (Wildman–Crippen MR) is 138 cm³/mol. The molecule has 7 nitrogen and oxygen atoms in total. The summed E-state index contributed by atoms with van der Waals surface area (Å²) in [6, 6.07) is 20.8. The van der Waals surface area contributed by atoms with Gasteiger partial charge in [0, 0.05) is 24.8 Å². The fourth-order valence-corrected chi connectivity index (χ4v) is 7.34. The van der Waals surface area contributed by atoms with E-state index in [1.807, 2.05) is 60.7 Å².